The van der Waals surface area contributed by atoms with Crippen molar-refractivity contribution >= 4 is 11.9 Å². The Morgan fingerprint density at radius 3 is 2.12 bits per heavy atom. The van der Waals surface area contributed by atoms with E-state index in [0.717, 1.165) is 0 Å². The molecule has 0 saturated carbocycles. The zero-order valence-electron chi connectivity index (χ0n) is 10.5. The highest BCUT2D eigenvalue weighted by atomic mass is 16.5. The summed E-state index contributed by atoms with van der Waals surface area (Å²) < 4.78 is 15.0. The van der Waals surface area contributed by atoms with E-state index in [-0.39, 0.29) is 24.5 Å². The van der Waals surface area contributed by atoms with Gasteiger partial charge in [-0.3, -0.25) is 0 Å². The summed E-state index contributed by atoms with van der Waals surface area (Å²) in [4.78, 5) is 23.3. The minimum Gasteiger partial charge on any atom is -0.462 e. The quantitative estimate of drug-likeness (QED) is 0.755. The molecule has 0 bridgehead atoms. The van der Waals surface area contributed by atoms with Crippen molar-refractivity contribution in [3.63, 3.8) is 0 Å². The number of hydrogen-bond acceptors (Lipinski definition) is 5. The Morgan fingerprint density at radius 1 is 1.06 bits per heavy atom. The second-order valence-corrected chi connectivity index (χ2v) is 3.43. The van der Waals surface area contributed by atoms with Crippen molar-refractivity contribution in [3.8, 4) is 0 Å². The maximum atomic E-state index is 11.7. The number of esters is 2. The van der Waals surface area contributed by atoms with E-state index in [1.165, 1.54) is 0 Å². The maximum absolute atomic E-state index is 11.7. The zero-order chi connectivity index (χ0) is 13.0. The largest absolute Gasteiger partial charge is 0.462 e. The summed E-state index contributed by atoms with van der Waals surface area (Å²) >= 11 is 0. The van der Waals surface area contributed by atoms with Crippen LogP contribution in [0.15, 0.2) is 4.42 Å². The first-order valence-corrected chi connectivity index (χ1v) is 5.47. The van der Waals surface area contributed by atoms with Crippen molar-refractivity contribution in [2.75, 3.05) is 13.2 Å². The van der Waals surface area contributed by atoms with E-state index in [9.17, 15) is 9.59 Å². The van der Waals surface area contributed by atoms with Crippen LogP contribution in [-0.2, 0) is 9.47 Å². The van der Waals surface area contributed by atoms with Gasteiger partial charge in [-0.05, 0) is 27.7 Å². The molecule has 0 unspecified atom stereocenters. The van der Waals surface area contributed by atoms with E-state index in [1.54, 1.807) is 27.7 Å². The molecule has 1 aromatic rings. The molecule has 0 fully saturated rings. The fraction of sp³-hybridized carbons (Fsp3) is 0.500. The molecule has 0 aliphatic rings. The van der Waals surface area contributed by atoms with Crippen molar-refractivity contribution in [1.82, 2.24) is 0 Å². The number of carbonyl (C=O) groups excluding carboxylic acids is 2. The monoisotopic (exact) mass is 240 g/mol. The first-order valence-electron chi connectivity index (χ1n) is 5.47. The predicted octanol–water partition coefficient (Wildman–Crippen LogP) is 2.25. The molecule has 0 N–H and O–H groups in total. The topological polar surface area (TPSA) is 65.7 Å². The summed E-state index contributed by atoms with van der Waals surface area (Å²) in [5.41, 5.74) is 0.759. The molecule has 0 saturated heterocycles. The molecule has 1 heterocycles. The van der Waals surface area contributed by atoms with Crippen molar-refractivity contribution in [2.24, 2.45) is 0 Å². The van der Waals surface area contributed by atoms with Crippen molar-refractivity contribution in [1.29, 1.82) is 0 Å². The van der Waals surface area contributed by atoms with Gasteiger partial charge in [-0.25, -0.2) is 9.59 Å². The van der Waals surface area contributed by atoms with Gasteiger partial charge in [0.15, 0.2) is 0 Å². The molecule has 0 radical (unpaired) electrons. The normalized spacial score (nSPS) is 10.1. The molecular weight excluding hydrogens is 224 g/mol. The van der Waals surface area contributed by atoms with Crippen LogP contribution < -0.4 is 0 Å². The van der Waals surface area contributed by atoms with Gasteiger partial charge in [-0.2, -0.15) is 0 Å². The van der Waals surface area contributed by atoms with Crippen molar-refractivity contribution < 1.29 is 23.5 Å². The van der Waals surface area contributed by atoms with Crippen LogP contribution in [0.3, 0.4) is 0 Å². The molecule has 0 aliphatic heterocycles. The molecular formula is C12H16O5. The van der Waals surface area contributed by atoms with Crippen LogP contribution in [-0.4, -0.2) is 25.2 Å². The van der Waals surface area contributed by atoms with E-state index in [1.807, 2.05) is 0 Å². The van der Waals surface area contributed by atoms with Crippen LogP contribution >= 0.6 is 0 Å². The minimum absolute atomic E-state index is 0.0831. The standard InChI is InChI=1S/C12H16O5/c1-5-15-11(13)9-7(3)8(4)17-10(9)12(14)16-6-2/h5-6H2,1-4H3. The van der Waals surface area contributed by atoms with Crippen molar-refractivity contribution in [2.45, 2.75) is 27.7 Å². The predicted molar refractivity (Wildman–Crippen MR) is 60.1 cm³/mol. The lowest BCUT2D eigenvalue weighted by Crippen LogP contribution is -2.12. The summed E-state index contributed by atoms with van der Waals surface area (Å²) in [6.07, 6.45) is 0. The van der Waals surface area contributed by atoms with Crippen LogP contribution in [0.25, 0.3) is 0 Å². The smallest absolute Gasteiger partial charge is 0.375 e. The Kier molecular flexibility index (Phi) is 4.31. The fourth-order valence-corrected chi connectivity index (χ4v) is 1.42. The lowest BCUT2D eigenvalue weighted by Gasteiger charge is -2.03. The minimum atomic E-state index is -0.647. The summed E-state index contributed by atoms with van der Waals surface area (Å²) in [7, 11) is 0. The molecule has 0 aromatic carbocycles. The van der Waals surface area contributed by atoms with Gasteiger partial charge in [-0.1, -0.05) is 0 Å². The number of aryl methyl sites for hydroxylation is 1. The molecule has 0 aliphatic carbocycles. The third kappa shape index (κ3) is 2.67. The molecule has 5 heteroatoms. The summed E-state index contributed by atoms with van der Waals surface area (Å²) in [5.74, 6) is -0.784. The number of furan rings is 1. The van der Waals surface area contributed by atoms with Crippen LogP contribution in [0.2, 0.25) is 0 Å². The summed E-state index contributed by atoms with van der Waals surface area (Å²) in [6, 6.07) is 0. The van der Waals surface area contributed by atoms with Crippen molar-refractivity contribution in [3.05, 3.63) is 22.6 Å². The lowest BCUT2D eigenvalue weighted by atomic mass is 10.1. The number of ether oxygens (including phenoxy) is 2. The Labute approximate surface area is 99.7 Å². The van der Waals surface area contributed by atoms with Crippen LogP contribution in [0, 0.1) is 13.8 Å². The molecule has 0 atom stereocenters. The molecule has 1 aromatic heterocycles. The molecule has 0 spiro atoms. The molecule has 1 rings (SSSR count). The van der Waals surface area contributed by atoms with E-state index in [0.29, 0.717) is 11.3 Å². The Balaban J connectivity index is 3.17. The van der Waals surface area contributed by atoms with Gasteiger partial charge < -0.3 is 13.9 Å². The Morgan fingerprint density at radius 2 is 1.59 bits per heavy atom. The van der Waals surface area contributed by atoms with E-state index in [4.69, 9.17) is 13.9 Å². The third-order valence-electron chi connectivity index (χ3n) is 2.33. The second-order valence-electron chi connectivity index (χ2n) is 3.43. The maximum Gasteiger partial charge on any atom is 0.375 e. The lowest BCUT2D eigenvalue weighted by molar-refractivity contribution is 0.0450. The van der Waals surface area contributed by atoms with Gasteiger partial charge in [0.1, 0.15) is 11.3 Å². The summed E-state index contributed by atoms with van der Waals surface area (Å²) in [6.45, 7) is 7.23. The average Bonchev–Trinajstić information content (AvgIpc) is 2.56. The second kappa shape index (κ2) is 5.52. The Hall–Kier alpha value is -1.78. The highest BCUT2D eigenvalue weighted by Crippen LogP contribution is 2.23. The number of hydrogen-bond donors (Lipinski definition) is 0. The first-order chi connectivity index (χ1) is 8.02. The highest BCUT2D eigenvalue weighted by molar-refractivity contribution is 6.02. The third-order valence-corrected chi connectivity index (χ3v) is 2.33. The van der Waals surface area contributed by atoms with E-state index < -0.39 is 11.9 Å². The highest BCUT2D eigenvalue weighted by Gasteiger charge is 2.27. The van der Waals surface area contributed by atoms with Gasteiger partial charge in [-0.15, -0.1) is 0 Å². The van der Waals surface area contributed by atoms with Gasteiger partial charge in [0.2, 0.25) is 5.76 Å². The molecule has 94 valence electrons. The average molecular weight is 240 g/mol. The van der Waals surface area contributed by atoms with Gasteiger partial charge >= 0.3 is 11.9 Å². The number of carbonyl (C=O) groups is 2. The van der Waals surface area contributed by atoms with Gasteiger partial charge in [0, 0.05) is 5.56 Å². The summed E-state index contributed by atoms with van der Waals surface area (Å²) in [5, 5.41) is 0. The van der Waals surface area contributed by atoms with E-state index in [2.05, 4.69) is 0 Å². The Bertz CT molecular complexity index is 430. The molecule has 0 amide bonds. The fourth-order valence-electron chi connectivity index (χ4n) is 1.42. The molecule has 5 nitrogen and oxygen atoms in total. The van der Waals surface area contributed by atoms with Crippen LogP contribution in [0.1, 0.15) is 46.1 Å². The van der Waals surface area contributed by atoms with Crippen LogP contribution in [0.5, 0.6) is 0 Å². The molecule has 17 heavy (non-hydrogen) atoms. The van der Waals surface area contributed by atoms with Crippen LogP contribution in [0.4, 0.5) is 0 Å². The van der Waals surface area contributed by atoms with E-state index >= 15 is 0 Å². The van der Waals surface area contributed by atoms with Gasteiger partial charge in [0.25, 0.3) is 0 Å². The first kappa shape index (κ1) is 13.3. The van der Waals surface area contributed by atoms with Gasteiger partial charge in [0.05, 0.1) is 13.2 Å². The SMILES string of the molecule is CCOC(=O)c1oc(C)c(C)c1C(=O)OCC. The number of rotatable bonds is 4. The zero-order valence-corrected chi connectivity index (χ0v) is 10.5.